The SMILES string of the molecule is Cc1c(Br)c(Br)c2c(Br)c(Br)ccc2c1C. The van der Waals surface area contributed by atoms with Gasteiger partial charge in [0.05, 0.1) is 0 Å². The fourth-order valence-electron chi connectivity index (χ4n) is 1.72. The second-order valence-corrected chi connectivity index (χ2v) is 6.90. The molecule has 84 valence electrons. The summed E-state index contributed by atoms with van der Waals surface area (Å²) in [6.45, 7) is 4.27. The van der Waals surface area contributed by atoms with Gasteiger partial charge in [-0.3, -0.25) is 0 Å². The predicted octanol–water partition coefficient (Wildman–Crippen LogP) is 6.51. The minimum atomic E-state index is 1.07. The standard InChI is InChI=1S/C12H8Br4/c1-5-6(2)10(14)12(16)9-7(5)3-4-8(13)11(9)15/h3-4H,1-2H3. The van der Waals surface area contributed by atoms with Crippen molar-refractivity contribution in [1.29, 1.82) is 0 Å². The van der Waals surface area contributed by atoms with Crippen LogP contribution < -0.4 is 0 Å². The molecule has 0 unspecified atom stereocenters. The van der Waals surface area contributed by atoms with Crippen LogP contribution >= 0.6 is 63.7 Å². The second kappa shape index (κ2) is 4.71. The van der Waals surface area contributed by atoms with Crippen molar-refractivity contribution < 1.29 is 0 Å². The fourth-order valence-corrected chi connectivity index (χ4v) is 4.06. The van der Waals surface area contributed by atoms with Crippen LogP contribution in [0.1, 0.15) is 11.1 Å². The molecule has 0 aliphatic carbocycles. The maximum atomic E-state index is 3.65. The van der Waals surface area contributed by atoms with Gasteiger partial charge in [0, 0.05) is 23.3 Å². The molecule has 0 aliphatic heterocycles. The van der Waals surface area contributed by atoms with Crippen molar-refractivity contribution in [3.63, 3.8) is 0 Å². The molecule has 0 radical (unpaired) electrons. The van der Waals surface area contributed by atoms with E-state index in [4.69, 9.17) is 0 Å². The zero-order valence-electron chi connectivity index (χ0n) is 8.67. The van der Waals surface area contributed by atoms with Crippen molar-refractivity contribution in [3.8, 4) is 0 Å². The van der Waals surface area contributed by atoms with Crippen molar-refractivity contribution >= 4 is 74.5 Å². The summed E-state index contributed by atoms with van der Waals surface area (Å²) >= 11 is 14.4. The smallest absolute Gasteiger partial charge is 0.0410 e. The Morgan fingerprint density at radius 2 is 1.38 bits per heavy atom. The van der Waals surface area contributed by atoms with E-state index in [1.807, 2.05) is 0 Å². The summed E-state index contributed by atoms with van der Waals surface area (Å²) in [6, 6.07) is 4.21. The normalized spacial score (nSPS) is 11.1. The Hall–Kier alpha value is 0.620. The minimum absolute atomic E-state index is 1.07. The molecular weight excluding hydrogens is 464 g/mol. The minimum Gasteiger partial charge on any atom is -0.0529 e. The molecule has 16 heavy (non-hydrogen) atoms. The largest absolute Gasteiger partial charge is 0.0529 e. The Morgan fingerprint density at radius 1 is 0.750 bits per heavy atom. The highest BCUT2D eigenvalue weighted by atomic mass is 79.9. The second-order valence-electron chi connectivity index (χ2n) is 3.66. The van der Waals surface area contributed by atoms with Crippen molar-refractivity contribution in [3.05, 3.63) is 41.2 Å². The van der Waals surface area contributed by atoms with Gasteiger partial charge in [-0.05, 0) is 100 Å². The Kier molecular flexibility index (Phi) is 3.85. The molecule has 0 fully saturated rings. The first-order valence-electron chi connectivity index (χ1n) is 4.67. The highest BCUT2D eigenvalue weighted by molar-refractivity contribution is 9.13. The monoisotopic (exact) mass is 468 g/mol. The van der Waals surface area contributed by atoms with E-state index in [0.717, 1.165) is 17.9 Å². The van der Waals surface area contributed by atoms with Gasteiger partial charge in [0.2, 0.25) is 0 Å². The van der Waals surface area contributed by atoms with Crippen molar-refractivity contribution in [1.82, 2.24) is 0 Å². The van der Waals surface area contributed by atoms with Crippen LogP contribution in [0.4, 0.5) is 0 Å². The number of fused-ring (bicyclic) bond motifs is 1. The van der Waals surface area contributed by atoms with E-state index in [1.165, 1.54) is 21.9 Å². The van der Waals surface area contributed by atoms with Gasteiger partial charge < -0.3 is 0 Å². The van der Waals surface area contributed by atoms with Gasteiger partial charge in [0.1, 0.15) is 0 Å². The topological polar surface area (TPSA) is 0 Å². The number of aryl methyl sites for hydroxylation is 1. The average Bonchev–Trinajstić information content (AvgIpc) is 2.27. The zero-order chi connectivity index (χ0) is 12.0. The average molecular weight is 472 g/mol. The van der Waals surface area contributed by atoms with E-state index >= 15 is 0 Å². The maximum Gasteiger partial charge on any atom is 0.0410 e. The van der Waals surface area contributed by atoms with Crippen molar-refractivity contribution in [2.45, 2.75) is 13.8 Å². The Bertz CT molecular complexity index is 588. The van der Waals surface area contributed by atoms with Crippen LogP contribution in [0.5, 0.6) is 0 Å². The quantitative estimate of drug-likeness (QED) is 0.411. The third-order valence-corrected chi connectivity index (χ3v) is 7.14. The van der Waals surface area contributed by atoms with Crippen molar-refractivity contribution in [2.24, 2.45) is 0 Å². The summed E-state index contributed by atoms with van der Waals surface area (Å²) in [5, 5.41) is 2.46. The summed E-state index contributed by atoms with van der Waals surface area (Å²) in [4.78, 5) is 0. The summed E-state index contributed by atoms with van der Waals surface area (Å²) in [6.07, 6.45) is 0. The molecule has 0 bridgehead atoms. The van der Waals surface area contributed by atoms with E-state index in [9.17, 15) is 0 Å². The molecule has 4 heteroatoms. The Balaban J connectivity index is 3.09. The van der Waals surface area contributed by atoms with E-state index in [-0.39, 0.29) is 0 Å². The molecule has 0 spiro atoms. The summed E-state index contributed by atoms with van der Waals surface area (Å²) in [7, 11) is 0. The molecule has 2 rings (SSSR count). The first-order chi connectivity index (χ1) is 7.45. The number of halogens is 4. The molecule has 0 heterocycles. The van der Waals surface area contributed by atoms with Crippen LogP contribution in [0.2, 0.25) is 0 Å². The highest BCUT2D eigenvalue weighted by Gasteiger charge is 2.14. The lowest BCUT2D eigenvalue weighted by Crippen LogP contribution is -1.90. The first kappa shape index (κ1) is 13.1. The van der Waals surface area contributed by atoms with E-state index in [0.29, 0.717) is 0 Å². The molecule has 0 aliphatic rings. The molecule has 0 saturated carbocycles. The fraction of sp³-hybridized carbons (Fsp3) is 0.167. The molecular formula is C12H8Br4. The van der Waals surface area contributed by atoms with Crippen LogP contribution in [0.25, 0.3) is 10.8 Å². The van der Waals surface area contributed by atoms with Gasteiger partial charge in [-0.25, -0.2) is 0 Å². The molecule has 0 saturated heterocycles. The van der Waals surface area contributed by atoms with E-state index < -0.39 is 0 Å². The van der Waals surface area contributed by atoms with E-state index in [2.05, 4.69) is 89.7 Å². The molecule has 0 atom stereocenters. The van der Waals surface area contributed by atoms with Crippen LogP contribution in [0.3, 0.4) is 0 Å². The molecule has 0 N–H and O–H groups in total. The molecule has 2 aromatic carbocycles. The van der Waals surface area contributed by atoms with Crippen LogP contribution in [0.15, 0.2) is 30.0 Å². The maximum absolute atomic E-state index is 3.65. The first-order valence-corrected chi connectivity index (χ1v) is 7.84. The lowest BCUT2D eigenvalue weighted by atomic mass is 10.0. The molecule has 0 aromatic heterocycles. The number of rotatable bonds is 0. The predicted molar refractivity (Wildman–Crippen MR) is 84.2 cm³/mol. The summed E-state index contributed by atoms with van der Waals surface area (Å²) in [5.74, 6) is 0. The van der Waals surface area contributed by atoms with Crippen LogP contribution in [-0.4, -0.2) is 0 Å². The lowest BCUT2D eigenvalue weighted by molar-refractivity contribution is 1.34. The van der Waals surface area contributed by atoms with Crippen molar-refractivity contribution in [2.75, 3.05) is 0 Å². The van der Waals surface area contributed by atoms with Crippen LogP contribution in [0, 0.1) is 13.8 Å². The number of benzene rings is 2. The number of hydrogen-bond acceptors (Lipinski definition) is 0. The Morgan fingerprint density at radius 3 is 2.00 bits per heavy atom. The number of hydrogen-bond donors (Lipinski definition) is 0. The van der Waals surface area contributed by atoms with Gasteiger partial charge >= 0.3 is 0 Å². The van der Waals surface area contributed by atoms with Crippen LogP contribution in [-0.2, 0) is 0 Å². The van der Waals surface area contributed by atoms with Gasteiger partial charge in [0.15, 0.2) is 0 Å². The molecule has 0 nitrogen and oxygen atoms in total. The Labute approximate surface area is 128 Å². The van der Waals surface area contributed by atoms with Gasteiger partial charge in [-0.2, -0.15) is 0 Å². The third kappa shape index (κ3) is 1.92. The zero-order valence-corrected chi connectivity index (χ0v) is 15.0. The molecule has 2 aromatic rings. The van der Waals surface area contributed by atoms with Gasteiger partial charge in [-0.15, -0.1) is 0 Å². The summed E-state index contributed by atoms with van der Waals surface area (Å²) in [5.41, 5.74) is 2.58. The third-order valence-electron chi connectivity index (χ3n) is 2.80. The van der Waals surface area contributed by atoms with E-state index in [1.54, 1.807) is 0 Å². The lowest BCUT2D eigenvalue weighted by Gasteiger charge is -2.13. The highest BCUT2D eigenvalue weighted by Crippen LogP contribution is 2.42. The van der Waals surface area contributed by atoms with Gasteiger partial charge in [0.25, 0.3) is 0 Å². The molecule has 0 amide bonds. The summed E-state index contributed by atoms with van der Waals surface area (Å²) < 4.78 is 4.37. The van der Waals surface area contributed by atoms with Gasteiger partial charge in [-0.1, -0.05) is 6.07 Å².